The van der Waals surface area contributed by atoms with E-state index in [1.165, 1.54) is 0 Å². The summed E-state index contributed by atoms with van der Waals surface area (Å²) in [6, 6.07) is 0. The molecule has 0 aromatic rings. The molecular formula is C3H5N3O10. The van der Waals surface area contributed by atoms with Crippen LogP contribution in [0.3, 0.4) is 0 Å². The molecular weight excluding hydrogens is 238 g/mol. The Morgan fingerprint density at radius 3 is 1.44 bits per heavy atom. The molecule has 3 N–H and O–H groups in total. The van der Waals surface area contributed by atoms with Gasteiger partial charge in [0.2, 0.25) is 0 Å². The summed E-state index contributed by atoms with van der Waals surface area (Å²) in [7, 11) is 0. The number of hydrogen-bond donors (Lipinski definition) is 3. The van der Waals surface area contributed by atoms with Gasteiger partial charge in [-0.05, 0) is 0 Å². The first-order valence-electron chi connectivity index (χ1n) is 3.28. The van der Waals surface area contributed by atoms with E-state index in [9.17, 15) is 30.3 Å². The van der Waals surface area contributed by atoms with Gasteiger partial charge in [-0.2, -0.15) is 0 Å². The molecule has 0 saturated carbocycles. The average molecular weight is 243 g/mol. The van der Waals surface area contributed by atoms with Crippen LogP contribution < -0.4 is 0 Å². The van der Waals surface area contributed by atoms with Gasteiger partial charge >= 0.3 is 11.9 Å². The van der Waals surface area contributed by atoms with E-state index in [4.69, 9.17) is 15.3 Å². The van der Waals surface area contributed by atoms with Gasteiger partial charge < -0.3 is 15.3 Å². The van der Waals surface area contributed by atoms with E-state index in [-0.39, 0.29) is 0 Å². The maximum Gasteiger partial charge on any atom is 0.723 e. The van der Waals surface area contributed by atoms with E-state index in [0.29, 0.717) is 0 Å². The SMILES string of the molecule is O=[N+]([O-])C(COC(O)(O)O)([N+](=O)[O-])[N+](=O)[O-]. The second kappa shape index (κ2) is 4.27. The van der Waals surface area contributed by atoms with Crippen molar-refractivity contribution >= 4 is 0 Å². The first-order chi connectivity index (χ1) is 7.04. The quantitative estimate of drug-likeness (QED) is 0.246. The molecule has 0 atom stereocenters. The van der Waals surface area contributed by atoms with E-state index in [2.05, 4.69) is 4.74 Å². The van der Waals surface area contributed by atoms with Crippen LogP contribution in [0.2, 0.25) is 0 Å². The third kappa shape index (κ3) is 2.76. The highest BCUT2D eigenvalue weighted by molar-refractivity contribution is 4.51. The third-order valence-corrected chi connectivity index (χ3v) is 1.34. The summed E-state index contributed by atoms with van der Waals surface area (Å²) in [5.74, 6) is -4.03. The maximum atomic E-state index is 10.2. The Labute approximate surface area is 84.9 Å². The van der Waals surface area contributed by atoms with Crippen molar-refractivity contribution in [2.75, 3.05) is 6.61 Å². The highest BCUT2D eigenvalue weighted by Crippen LogP contribution is 2.14. The van der Waals surface area contributed by atoms with E-state index < -0.39 is 33.3 Å². The molecule has 0 amide bonds. The molecule has 16 heavy (non-hydrogen) atoms. The predicted octanol–water partition coefficient (Wildman–Crippen LogP) is -2.92. The topological polar surface area (TPSA) is 199 Å². The first-order valence-corrected chi connectivity index (χ1v) is 3.28. The summed E-state index contributed by atoms with van der Waals surface area (Å²) >= 11 is 0. The lowest BCUT2D eigenvalue weighted by molar-refractivity contribution is -0.972. The molecule has 0 heterocycles. The summed E-state index contributed by atoms with van der Waals surface area (Å²) in [6.07, 6.45) is -3.95. The van der Waals surface area contributed by atoms with E-state index >= 15 is 0 Å². The Morgan fingerprint density at radius 2 is 1.25 bits per heavy atom. The van der Waals surface area contributed by atoms with Gasteiger partial charge in [-0.15, -0.1) is 0 Å². The fourth-order valence-corrected chi connectivity index (χ4v) is 0.552. The van der Waals surface area contributed by atoms with Crippen LogP contribution >= 0.6 is 0 Å². The fraction of sp³-hybridized carbons (Fsp3) is 1.00. The van der Waals surface area contributed by atoms with Crippen LogP contribution in [0, 0.1) is 30.3 Å². The van der Waals surface area contributed by atoms with Crippen molar-refractivity contribution in [3.05, 3.63) is 30.3 Å². The second-order valence-electron chi connectivity index (χ2n) is 2.41. The highest BCUT2D eigenvalue weighted by Gasteiger charge is 2.71. The molecule has 0 unspecified atom stereocenters. The van der Waals surface area contributed by atoms with Gasteiger partial charge in [0, 0.05) is 0 Å². The van der Waals surface area contributed by atoms with Gasteiger partial charge in [0.05, 0.1) is 0 Å². The van der Waals surface area contributed by atoms with Crippen molar-refractivity contribution in [3.63, 3.8) is 0 Å². The Hall–Kier alpha value is -1.96. The molecule has 13 heteroatoms. The van der Waals surface area contributed by atoms with Crippen LogP contribution in [-0.4, -0.2) is 48.6 Å². The summed E-state index contributed by atoms with van der Waals surface area (Å²) in [6.45, 7) is -1.98. The zero-order valence-electron chi connectivity index (χ0n) is 7.25. The van der Waals surface area contributed by atoms with Crippen LogP contribution in [0.15, 0.2) is 0 Å². The zero-order valence-corrected chi connectivity index (χ0v) is 7.25. The van der Waals surface area contributed by atoms with Gasteiger partial charge in [-0.1, -0.05) is 0 Å². The van der Waals surface area contributed by atoms with Crippen LogP contribution in [0.4, 0.5) is 0 Å². The van der Waals surface area contributed by atoms with Crippen molar-refractivity contribution in [2.45, 2.75) is 11.9 Å². The lowest BCUT2D eigenvalue weighted by Gasteiger charge is -2.14. The minimum absolute atomic E-state index is 1.90. The Bertz CT molecular complexity index is 282. The Balaban J connectivity index is 5.16. The molecule has 92 valence electrons. The molecule has 13 nitrogen and oxygen atoms in total. The molecule has 0 bridgehead atoms. The van der Waals surface area contributed by atoms with E-state index in [1.807, 2.05) is 0 Å². The Kier molecular flexibility index (Phi) is 3.75. The smallest absolute Gasteiger partial charge is 0.319 e. The molecule has 0 aromatic heterocycles. The molecule has 0 spiro atoms. The van der Waals surface area contributed by atoms with Crippen molar-refractivity contribution < 1.29 is 34.8 Å². The molecule has 0 fully saturated rings. The summed E-state index contributed by atoms with van der Waals surface area (Å²) < 4.78 is 3.42. The number of ether oxygens (including phenoxy) is 1. The zero-order chi connectivity index (χ0) is 13.1. The van der Waals surface area contributed by atoms with E-state index in [0.717, 1.165) is 0 Å². The predicted molar refractivity (Wildman–Crippen MR) is 39.1 cm³/mol. The van der Waals surface area contributed by atoms with Crippen LogP contribution in [-0.2, 0) is 4.74 Å². The van der Waals surface area contributed by atoms with Gasteiger partial charge in [0.15, 0.2) is 14.8 Å². The number of nitro groups is 3. The molecule has 0 aliphatic rings. The monoisotopic (exact) mass is 243 g/mol. The lowest BCUT2D eigenvalue weighted by atomic mass is 10.4. The van der Waals surface area contributed by atoms with Gasteiger partial charge in [-0.25, -0.2) is 0 Å². The largest absolute Gasteiger partial charge is 0.723 e. The molecule has 0 radical (unpaired) electrons. The fourth-order valence-electron chi connectivity index (χ4n) is 0.552. The Morgan fingerprint density at radius 1 is 0.938 bits per heavy atom. The van der Waals surface area contributed by atoms with E-state index in [1.54, 1.807) is 0 Å². The number of nitrogens with zero attached hydrogens (tertiary/aromatic N) is 3. The van der Waals surface area contributed by atoms with Crippen molar-refractivity contribution in [1.29, 1.82) is 0 Å². The second-order valence-corrected chi connectivity index (χ2v) is 2.41. The van der Waals surface area contributed by atoms with Gasteiger partial charge in [0.1, 0.15) is 0 Å². The van der Waals surface area contributed by atoms with Gasteiger partial charge in [0.25, 0.3) is 6.61 Å². The first kappa shape index (κ1) is 14.0. The van der Waals surface area contributed by atoms with Gasteiger partial charge in [-0.3, -0.25) is 35.1 Å². The number of aliphatic hydroxyl groups is 3. The average Bonchev–Trinajstić information content (AvgIpc) is 2.00. The van der Waals surface area contributed by atoms with Crippen molar-refractivity contribution in [1.82, 2.24) is 0 Å². The molecule has 0 aliphatic carbocycles. The van der Waals surface area contributed by atoms with Crippen LogP contribution in [0.1, 0.15) is 0 Å². The van der Waals surface area contributed by atoms with Crippen molar-refractivity contribution in [2.24, 2.45) is 0 Å². The number of rotatable bonds is 6. The minimum Gasteiger partial charge on any atom is -0.319 e. The van der Waals surface area contributed by atoms with Crippen molar-refractivity contribution in [3.8, 4) is 0 Å². The normalized spacial score (nSPS) is 12.2. The maximum absolute atomic E-state index is 10.2. The third-order valence-electron chi connectivity index (χ3n) is 1.34. The molecule has 0 aromatic carbocycles. The summed E-state index contributed by atoms with van der Waals surface area (Å²) in [5.41, 5.74) is 0. The lowest BCUT2D eigenvalue weighted by Crippen LogP contribution is -2.58. The summed E-state index contributed by atoms with van der Waals surface area (Å²) in [5, 5.41) is 55.1. The molecule has 0 aliphatic heterocycles. The standard InChI is InChI=1S/C3H5N3O10/c7-3(8,9)16-1-2(4(10)11,5(12)13)6(14)15/h7-9H,1H2. The highest BCUT2D eigenvalue weighted by atomic mass is 16.9. The number of hydrogen-bond acceptors (Lipinski definition) is 10. The molecule has 0 saturated heterocycles. The summed E-state index contributed by atoms with van der Waals surface area (Å²) in [4.78, 5) is 24.9. The molecule has 0 rings (SSSR count). The van der Waals surface area contributed by atoms with Crippen LogP contribution in [0.25, 0.3) is 0 Å². The minimum atomic E-state index is -4.03. The van der Waals surface area contributed by atoms with Crippen LogP contribution in [0.5, 0.6) is 0 Å².